The van der Waals surface area contributed by atoms with E-state index in [1.165, 1.54) is 0 Å². The van der Waals surface area contributed by atoms with Gasteiger partial charge in [0.2, 0.25) is 10.0 Å². The molecule has 0 aliphatic rings. The Morgan fingerprint density at radius 1 is 1.25 bits per heavy atom. The highest BCUT2D eigenvalue weighted by molar-refractivity contribution is 7.89. The highest BCUT2D eigenvalue weighted by Gasteiger charge is 2.18. The van der Waals surface area contributed by atoms with Crippen LogP contribution in [0.1, 0.15) is 38.3 Å². The highest BCUT2D eigenvalue weighted by atomic mass is 32.2. The Morgan fingerprint density at radius 2 is 1.95 bits per heavy atom. The second-order valence-electron chi connectivity index (χ2n) is 4.62. The summed E-state index contributed by atoms with van der Waals surface area (Å²) >= 11 is 0. The predicted octanol–water partition coefficient (Wildman–Crippen LogP) is 2.48. The van der Waals surface area contributed by atoms with E-state index in [-0.39, 0.29) is 11.8 Å². The molecule has 0 radical (unpaired) electrons. The van der Waals surface area contributed by atoms with E-state index < -0.39 is 10.0 Å². The highest BCUT2D eigenvalue weighted by Crippen LogP contribution is 2.29. The van der Waals surface area contributed by atoms with Crippen molar-refractivity contribution in [2.75, 3.05) is 20.0 Å². The molecular formula is C14H23NO4S. The Hall–Kier alpha value is -1.27. The molecule has 0 aromatic heterocycles. The number of rotatable bonds is 8. The van der Waals surface area contributed by atoms with E-state index in [4.69, 9.17) is 9.47 Å². The normalized spacial score (nSPS) is 13.0. The second kappa shape index (κ2) is 7.50. The van der Waals surface area contributed by atoms with Crippen LogP contribution in [0, 0.1) is 0 Å². The van der Waals surface area contributed by atoms with Crippen LogP contribution < -0.4 is 14.2 Å². The number of benzene rings is 1. The number of hydrogen-bond acceptors (Lipinski definition) is 4. The first-order chi connectivity index (χ1) is 9.43. The molecular weight excluding hydrogens is 278 g/mol. The van der Waals surface area contributed by atoms with Crippen molar-refractivity contribution in [3.05, 3.63) is 23.8 Å². The smallest absolute Gasteiger partial charge is 0.212 e. The Labute approximate surface area is 121 Å². The second-order valence-corrected chi connectivity index (χ2v) is 6.49. The molecule has 0 spiro atoms. The molecule has 1 aromatic carbocycles. The zero-order chi connectivity index (χ0) is 15.2. The molecule has 1 N–H and O–H groups in total. The van der Waals surface area contributed by atoms with Crippen molar-refractivity contribution >= 4 is 10.0 Å². The zero-order valence-electron chi connectivity index (χ0n) is 12.5. The molecule has 20 heavy (non-hydrogen) atoms. The van der Waals surface area contributed by atoms with Crippen molar-refractivity contribution in [3.63, 3.8) is 0 Å². The minimum absolute atomic E-state index is 0.139. The van der Waals surface area contributed by atoms with Crippen molar-refractivity contribution in [1.82, 2.24) is 4.72 Å². The van der Waals surface area contributed by atoms with Crippen LogP contribution >= 0.6 is 0 Å². The average molecular weight is 301 g/mol. The standard InChI is InChI=1S/C14H23NO4S/c1-5-6-9-20(16,17)15-11(2)13-10-12(18-3)7-8-14(13)19-4/h7-8,10-11,15H,5-6,9H2,1-4H3/t11-/m1/s1. The number of ether oxygens (including phenoxy) is 2. The summed E-state index contributed by atoms with van der Waals surface area (Å²) in [6.45, 7) is 3.75. The van der Waals surface area contributed by atoms with E-state index in [1.54, 1.807) is 39.3 Å². The molecule has 0 unspecified atom stereocenters. The SMILES string of the molecule is CCCCS(=O)(=O)N[C@H](C)c1cc(OC)ccc1OC. The van der Waals surface area contributed by atoms with E-state index in [2.05, 4.69) is 4.72 Å². The lowest BCUT2D eigenvalue weighted by Gasteiger charge is -2.18. The predicted molar refractivity (Wildman–Crippen MR) is 79.8 cm³/mol. The van der Waals surface area contributed by atoms with Gasteiger partial charge < -0.3 is 9.47 Å². The van der Waals surface area contributed by atoms with Gasteiger partial charge in [-0.3, -0.25) is 0 Å². The molecule has 6 heteroatoms. The number of sulfonamides is 1. The van der Waals surface area contributed by atoms with Crippen LogP contribution in [-0.2, 0) is 10.0 Å². The maximum atomic E-state index is 11.9. The van der Waals surface area contributed by atoms with E-state index in [1.807, 2.05) is 6.92 Å². The Kier molecular flexibility index (Phi) is 6.29. The van der Waals surface area contributed by atoms with Crippen LogP contribution in [0.4, 0.5) is 0 Å². The lowest BCUT2D eigenvalue weighted by Crippen LogP contribution is -2.29. The maximum absolute atomic E-state index is 11.9. The fraction of sp³-hybridized carbons (Fsp3) is 0.571. The van der Waals surface area contributed by atoms with Crippen LogP contribution in [0.5, 0.6) is 11.5 Å². The van der Waals surface area contributed by atoms with Gasteiger partial charge in [-0.25, -0.2) is 13.1 Å². The minimum atomic E-state index is -3.28. The number of hydrogen-bond donors (Lipinski definition) is 1. The van der Waals surface area contributed by atoms with Gasteiger partial charge in [0.15, 0.2) is 0 Å². The van der Waals surface area contributed by atoms with E-state index >= 15 is 0 Å². The van der Waals surface area contributed by atoms with E-state index in [0.717, 1.165) is 12.0 Å². The van der Waals surface area contributed by atoms with Crippen molar-refractivity contribution < 1.29 is 17.9 Å². The third kappa shape index (κ3) is 4.68. The van der Waals surface area contributed by atoms with Gasteiger partial charge in [-0.05, 0) is 31.5 Å². The summed E-state index contributed by atoms with van der Waals surface area (Å²) in [4.78, 5) is 0. The summed E-state index contributed by atoms with van der Waals surface area (Å²) in [6, 6.07) is 4.96. The summed E-state index contributed by atoms with van der Waals surface area (Å²) in [5.41, 5.74) is 0.756. The summed E-state index contributed by atoms with van der Waals surface area (Å²) in [5, 5.41) is 0. The van der Waals surface area contributed by atoms with Crippen LogP contribution in [0.3, 0.4) is 0 Å². The van der Waals surface area contributed by atoms with Crippen LogP contribution in [0.2, 0.25) is 0 Å². The monoisotopic (exact) mass is 301 g/mol. The molecule has 114 valence electrons. The third-order valence-electron chi connectivity index (χ3n) is 3.03. The van der Waals surface area contributed by atoms with E-state index in [0.29, 0.717) is 17.9 Å². The Morgan fingerprint density at radius 3 is 2.50 bits per heavy atom. The van der Waals surface area contributed by atoms with Crippen LogP contribution in [0.25, 0.3) is 0 Å². The molecule has 1 aromatic rings. The van der Waals surface area contributed by atoms with Crippen molar-refractivity contribution in [2.24, 2.45) is 0 Å². The maximum Gasteiger partial charge on any atom is 0.212 e. The Balaban J connectivity index is 2.93. The summed E-state index contributed by atoms with van der Waals surface area (Å²) in [5.74, 6) is 1.44. The first-order valence-electron chi connectivity index (χ1n) is 6.65. The molecule has 1 rings (SSSR count). The summed E-state index contributed by atoms with van der Waals surface area (Å²) < 4.78 is 37.0. The van der Waals surface area contributed by atoms with Crippen molar-refractivity contribution in [1.29, 1.82) is 0 Å². The van der Waals surface area contributed by atoms with Gasteiger partial charge in [0.1, 0.15) is 11.5 Å². The third-order valence-corrected chi connectivity index (χ3v) is 4.57. The first-order valence-corrected chi connectivity index (χ1v) is 8.30. The molecule has 0 heterocycles. The van der Waals surface area contributed by atoms with Crippen LogP contribution in [0.15, 0.2) is 18.2 Å². The fourth-order valence-electron chi connectivity index (χ4n) is 1.90. The molecule has 0 amide bonds. The zero-order valence-corrected chi connectivity index (χ0v) is 13.3. The fourth-order valence-corrected chi connectivity index (χ4v) is 3.36. The number of unbranched alkanes of at least 4 members (excludes halogenated alkanes) is 1. The molecule has 0 aliphatic carbocycles. The molecule has 0 fully saturated rings. The first kappa shape index (κ1) is 16.8. The lowest BCUT2D eigenvalue weighted by atomic mass is 10.1. The molecule has 0 saturated carbocycles. The van der Waals surface area contributed by atoms with Gasteiger partial charge in [0.25, 0.3) is 0 Å². The molecule has 0 saturated heterocycles. The summed E-state index contributed by atoms with van der Waals surface area (Å²) in [7, 11) is -0.152. The molecule has 1 atom stereocenters. The quantitative estimate of drug-likeness (QED) is 0.801. The van der Waals surface area contributed by atoms with Gasteiger partial charge in [0, 0.05) is 11.6 Å². The van der Waals surface area contributed by atoms with Gasteiger partial charge in [-0.2, -0.15) is 0 Å². The van der Waals surface area contributed by atoms with Crippen molar-refractivity contribution in [2.45, 2.75) is 32.7 Å². The van der Waals surface area contributed by atoms with Gasteiger partial charge in [0.05, 0.1) is 20.0 Å². The number of nitrogens with one attached hydrogen (secondary N) is 1. The molecule has 0 aliphatic heterocycles. The molecule has 5 nitrogen and oxygen atoms in total. The minimum Gasteiger partial charge on any atom is -0.497 e. The molecule has 0 bridgehead atoms. The average Bonchev–Trinajstić information content (AvgIpc) is 2.43. The topological polar surface area (TPSA) is 64.6 Å². The largest absolute Gasteiger partial charge is 0.497 e. The van der Waals surface area contributed by atoms with E-state index in [9.17, 15) is 8.42 Å². The Bertz CT molecular complexity index is 528. The van der Waals surface area contributed by atoms with Gasteiger partial charge in [-0.1, -0.05) is 13.3 Å². The van der Waals surface area contributed by atoms with Crippen LogP contribution in [-0.4, -0.2) is 28.4 Å². The lowest BCUT2D eigenvalue weighted by molar-refractivity contribution is 0.395. The summed E-state index contributed by atoms with van der Waals surface area (Å²) in [6.07, 6.45) is 1.50. The van der Waals surface area contributed by atoms with Gasteiger partial charge in [-0.15, -0.1) is 0 Å². The number of methoxy groups -OCH3 is 2. The van der Waals surface area contributed by atoms with Gasteiger partial charge >= 0.3 is 0 Å². The van der Waals surface area contributed by atoms with Crippen molar-refractivity contribution in [3.8, 4) is 11.5 Å².